The van der Waals surface area contributed by atoms with Gasteiger partial charge in [0.05, 0.1) is 31.7 Å². The van der Waals surface area contributed by atoms with Crippen LogP contribution in [0.3, 0.4) is 0 Å². The lowest BCUT2D eigenvalue weighted by atomic mass is 10.2. The average molecular weight is 315 g/mol. The van der Waals surface area contributed by atoms with Crippen LogP contribution in [0.15, 0.2) is 35.6 Å². The van der Waals surface area contributed by atoms with E-state index in [4.69, 9.17) is 4.74 Å². The van der Waals surface area contributed by atoms with E-state index >= 15 is 0 Å². The smallest absolute Gasteiger partial charge is 0.137 e. The van der Waals surface area contributed by atoms with Crippen molar-refractivity contribution < 1.29 is 19.7 Å². The summed E-state index contributed by atoms with van der Waals surface area (Å²) in [5.41, 5.74) is 0.537. The molecule has 0 aliphatic carbocycles. The minimum absolute atomic E-state index is 0.0117. The molecule has 1 unspecified atom stereocenters. The third kappa shape index (κ3) is 3.16. The first-order chi connectivity index (χ1) is 11.2. The van der Waals surface area contributed by atoms with E-state index in [1.165, 1.54) is 12.4 Å². The molecular weight excluding hydrogens is 300 g/mol. The lowest BCUT2D eigenvalue weighted by Crippen LogP contribution is -2.23. The van der Waals surface area contributed by atoms with Crippen molar-refractivity contribution in [3.05, 3.63) is 41.9 Å². The molecule has 1 aliphatic rings. The van der Waals surface area contributed by atoms with Gasteiger partial charge in [0.2, 0.25) is 0 Å². The van der Waals surface area contributed by atoms with Crippen LogP contribution in [0.1, 0.15) is 22.2 Å². The van der Waals surface area contributed by atoms with Crippen LogP contribution < -0.4 is 15.2 Å². The SMILES string of the molecule is O=C([O-])c1ccccc1OCCn1cnc2c1NC=NCC2O. The highest BCUT2D eigenvalue weighted by Gasteiger charge is 2.19. The number of para-hydroxylation sites is 1. The zero-order valence-corrected chi connectivity index (χ0v) is 12.2. The Labute approximate surface area is 132 Å². The fraction of sp³-hybridized carbons (Fsp3) is 0.267. The monoisotopic (exact) mass is 315 g/mol. The molecule has 0 radical (unpaired) electrons. The molecule has 120 valence electrons. The molecule has 0 saturated heterocycles. The number of carbonyl (C=O) groups excluding carboxylic acids is 1. The topological polar surface area (TPSA) is 112 Å². The van der Waals surface area contributed by atoms with Crippen LogP contribution in [0.5, 0.6) is 5.75 Å². The molecule has 8 nitrogen and oxygen atoms in total. The first-order valence-electron chi connectivity index (χ1n) is 7.08. The summed E-state index contributed by atoms with van der Waals surface area (Å²) in [4.78, 5) is 19.2. The summed E-state index contributed by atoms with van der Waals surface area (Å²) < 4.78 is 7.30. The Morgan fingerprint density at radius 1 is 1.48 bits per heavy atom. The molecule has 0 amide bonds. The van der Waals surface area contributed by atoms with E-state index in [1.807, 2.05) is 0 Å². The standard InChI is InChI=1S/C15H16N4O4/c20-11-7-16-8-17-14-13(11)18-9-19(14)5-6-23-12-4-2-1-3-10(12)15(21)22/h1-4,8-9,11,20H,5-7H2,(H,16,17)(H,21,22)/p-1. The molecule has 1 aliphatic heterocycles. The Morgan fingerprint density at radius 3 is 3.13 bits per heavy atom. The van der Waals surface area contributed by atoms with Gasteiger partial charge in [-0.3, -0.25) is 4.99 Å². The second kappa shape index (κ2) is 6.49. The molecule has 1 aromatic carbocycles. The number of ether oxygens (including phenoxy) is 1. The molecule has 2 aromatic rings. The summed E-state index contributed by atoms with van der Waals surface area (Å²) in [6, 6.07) is 6.31. The molecule has 0 spiro atoms. The van der Waals surface area contributed by atoms with Gasteiger partial charge < -0.3 is 29.6 Å². The lowest BCUT2D eigenvalue weighted by Gasteiger charge is -2.13. The molecule has 0 fully saturated rings. The van der Waals surface area contributed by atoms with Gasteiger partial charge in [0, 0.05) is 5.56 Å². The van der Waals surface area contributed by atoms with E-state index in [0.717, 1.165) is 0 Å². The Balaban J connectivity index is 1.69. The number of anilines is 1. The van der Waals surface area contributed by atoms with Crippen LogP contribution >= 0.6 is 0 Å². The average Bonchev–Trinajstić information content (AvgIpc) is 2.85. The van der Waals surface area contributed by atoms with Crippen LogP contribution in [0, 0.1) is 0 Å². The van der Waals surface area contributed by atoms with Crippen molar-refractivity contribution in [3.63, 3.8) is 0 Å². The van der Waals surface area contributed by atoms with Gasteiger partial charge in [-0.2, -0.15) is 0 Å². The van der Waals surface area contributed by atoms with E-state index < -0.39 is 12.1 Å². The van der Waals surface area contributed by atoms with Crippen LogP contribution in [0.2, 0.25) is 0 Å². The van der Waals surface area contributed by atoms with Crippen molar-refractivity contribution in [2.24, 2.45) is 4.99 Å². The van der Waals surface area contributed by atoms with Crippen molar-refractivity contribution in [1.82, 2.24) is 9.55 Å². The Morgan fingerprint density at radius 2 is 2.30 bits per heavy atom. The number of hydrogen-bond donors (Lipinski definition) is 2. The molecule has 0 saturated carbocycles. The van der Waals surface area contributed by atoms with Gasteiger partial charge >= 0.3 is 0 Å². The van der Waals surface area contributed by atoms with Gasteiger partial charge in [0.1, 0.15) is 30.0 Å². The Kier molecular flexibility index (Phi) is 4.24. The molecule has 8 heteroatoms. The maximum Gasteiger partial charge on any atom is 0.137 e. The van der Waals surface area contributed by atoms with Gasteiger partial charge in [-0.25, -0.2) is 4.98 Å². The van der Waals surface area contributed by atoms with E-state index in [1.54, 1.807) is 29.1 Å². The number of fused-ring (bicyclic) bond motifs is 1. The van der Waals surface area contributed by atoms with E-state index in [-0.39, 0.29) is 24.5 Å². The predicted molar refractivity (Wildman–Crippen MR) is 80.4 cm³/mol. The Bertz CT molecular complexity index is 741. The van der Waals surface area contributed by atoms with Crippen molar-refractivity contribution in [3.8, 4) is 5.75 Å². The number of aliphatic hydroxyl groups excluding tert-OH is 1. The summed E-state index contributed by atoms with van der Waals surface area (Å²) in [5, 5.41) is 23.9. The normalized spacial score (nSPS) is 16.3. The number of aliphatic hydroxyl groups is 1. The van der Waals surface area contributed by atoms with Crippen molar-refractivity contribution >= 4 is 18.1 Å². The lowest BCUT2D eigenvalue weighted by molar-refractivity contribution is -0.255. The highest BCUT2D eigenvalue weighted by molar-refractivity contribution is 5.89. The van der Waals surface area contributed by atoms with Crippen LogP contribution in [0.4, 0.5) is 5.82 Å². The van der Waals surface area contributed by atoms with Crippen LogP contribution in [-0.4, -0.2) is 40.1 Å². The van der Waals surface area contributed by atoms with Gasteiger partial charge in [0.15, 0.2) is 0 Å². The summed E-state index contributed by atoms with van der Waals surface area (Å²) in [6.45, 7) is 0.922. The highest BCUT2D eigenvalue weighted by Crippen LogP contribution is 2.23. The number of nitrogens with one attached hydrogen (secondary N) is 1. The molecule has 3 rings (SSSR count). The van der Waals surface area contributed by atoms with Gasteiger partial charge in [-0.15, -0.1) is 0 Å². The minimum atomic E-state index is -1.28. The summed E-state index contributed by atoms with van der Waals surface area (Å²) in [6.07, 6.45) is 2.35. The number of nitrogens with zero attached hydrogens (tertiary/aromatic N) is 3. The quantitative estimate of drug-likeness (QED) is 0.791. The van der Waals surface area contributed by atoms with E-state index in [2.05, 4.69) is 15.3 Å². The van der Waals surface area contributed by atoms with E-state index in [9.17, 15) is 15.0 Å². The van der Waals surface area contributed by atoms with Gasteiger partial charge in [0.25, 0.3) is 0 Å². The first-order valence-corrected chi connectivity index (χ1v) is 7.08. The second-order valence-corrected chi connectivity index (χ2v) is 4.96. The maximum absolute atomic E-state index is 11.0. The molecular formula is C15H15N4O4-. The summed E-state index contributed by atoms with van der Waals surface area (Å²) in [5.74, 6) is -0.373. The number of carboxylic acid groups (broad SMARTS) is 1. The second-order valence-electron chi connectivity index (χ2n) is 4.96. The van der Waals surface area contributed by atoms with Gasteiger partial charge in [-0.05, 0) is 12.1 Å². The third-order valence-electron chi connectivity index (χ3n) is 3.45. The molecule has 0 bridgehead atoms. The molecule has 2 N–H and O–H groups in total. The fourth-order valence-electron chi connectivity index (χ4n) is 2.33. The molecule has 1 aromatic heterocycles. The zero-order chi connectivity index (χ0) is 16.2. The number of aromatic carboxylic acids is 1. The minimum Gasteiger partial charge on any atom is -0.545 e. The van der Waals surface area contributed by atoms with Gasteiger partial charge in [-0.1, -0.05) is 12.1 Å². The summed E-state index contributed by atoms with van der Waals surface area (Å²) >= 11 is 0. The number of benzene rings is 1. The molecule has 1 atom stereocenters. The number of carbonyl (C=O) groups is 1. The fourth-order valence-corrected chi connectivity index (χ4v) is 2.33. The summed E-state index contributed by atoms with van der Waals surface area (Å²) in [7, 11) is 0. The predicted octanol–water partition coefficient (Wildman–Crippen LogP) is -0.187. The largest absolute Gasteiger partial charge is 0.545 e. The molecule has 2 heterocycles. The number of imidazole rings is 1. The number of rotatable bonds is 5. The molecule has 23 heavy (non-hydrogen) atoms. The van der Waals surface area contributed by atoms with Crippen molar-refractivity contribution in [2.75, 3.05) is 18.5 Å². The van der Waals surface area contributed by atoms with Crippen LogP contribution in [-0.2, 0) is 6.54 Å². The Hall–Kier alpha value is -2.87. The van der Waals surface area contributed by atoms with Crippen LogP contribution in [0.25, 0.3) is 0 Å². The first kappa shape index (κ1) is 15.0. The van der Waals surface area contributed by atoms with E-state index in [0.29, 0.717) is 18.1 Å². The number of carboxylic acids is 1. The number of aromatic nitrogens is 2. The zero-order valence-electron chi connectivity index (χ0n) is 12.2. The maximum atomic E-state index is 11.0. The highest BCUT2D eigenvalue weighted by atomic mass is 16.5. The number of aliphatic imine (C=N–C) groups is 1. The van der Waals surface area contributed by atoms with Crippen molar-refractivity contribution in [1.29, 1.82) is 0 Å². The van der Waals surface area contributed by atoms with Crippen molar-refractivity contribution in [2.45, 2.75) is 12.6 Å². The third-order valence-corrected chi connectivity index (χ3v) is 3.45. The number of hydrogen-bond acceptors (Lipinski definition) is 7.